The molecule has 1 aliphatic rings. The first-order valence-corrected chi connectivity index (χ1v) is 12.9. The van der Waals surface area contributed by atoms with E-state index in [0.29, 0.717) is 28.4 Å². The number of anilines is 2. The highest BCUT2D eigenvalue weighted by atomic mass is 16.5. The third-order valence-corrected chi connectivity index (χ3v) is 6.82. The van der Waals surface area contributed by atoms with E-state index < -0.39 is 5.92 Å². The van der Waals surface area contributed by atoms with Crippen molar-refractivity contribution in [2.24, 2.45) is 5.92 Å². The summed E-state index contributed by atoms with van der Waals surface area (Å²) in [5.41, 5.74) is 6.27. The van der Waals surface area contributed by atoms with Crippen molar-refractivity contribution in [3.63, 3.8) is 0 Å². The number of benzene rings is 3. The first kappa shape index (κ1) is 26.6. The molecular weight excluding hydrogens is 508 g/mol. The van der Waals surface area contributed by atoms with Crippen LogP contribution in [0.5, 0.6) is 17.2 Å². The van der Waals surface area contributed by atoms with Gasteiger partial charge < -0.3 is 19.7 Å². The Balaban J connectivity index is 1.19. The monoisotopic (exact) mass is 538 g/mol. The van der Waals surface area contributed by atoms with Gasteiger partial charge in [-0.2, -0.15) is 0 Å². The molecule has 0 unspecified atom stereocenters. The topological polar surface area (TPSA) is 102 Å². The standard InChI is InChI=1S/C31H30N4O5/c1-20-7-8-21(2)35(20)33-31(38)22-5-4-6-24(17-22)32-30(37)23-18-29(36)34(19-23)25-9-11-27(12-10-25)40-28-15-13-26(39-3)14-16-28/h4-17,23H,18-19H2,1-3H3,(H,32,37)(H,33,38)/t23-/m0/s1. The molecule has 0 spiro atoms. The van der Waals surface area contributed by atoms with E-state index in [1.54, 1.807) is 65.2 Å². The number of nitrogens with one attached hydrogen (secondary N) is 2. The molecule has 2 heterocycles. The molecule has 5 rings (SSSR count). The molecule has 4 aromatic rings. The Morgan fingerprint density at radius 1 is 0.850 bits per heavy atom. The van der Waals surface area contributed by atoms with Gasteiger partial charge in [-0.25, -0.2) is 0 Å². The van der Waals surface area contributed by atoms with Crippen LogP contribution in [0.4, 0.5) is 11.4 Å². The summed E-state index contributed by atoms with van der Waals surface area (Å²) in [6, 6.07) is 25.0. The van der Waals surface area contributed by atoms with Gasteiger partial charge in [0.2, 0.25) is 11.8 Å². The highest BCUT2D eigenvalue weighted by molar-refractivity contribution is 6.05. The number of rotatable bonds is 8. The van der Waals surface area contributed by atoms with Crippen molar-refractivity contribution >= 4 is 29.1 Å². The number of amides is 3. The van der Waals surface area contributed by atoms with E-state index in [4.69, 9.17) is 9.47 Å². The lowest BCUT2D eigenvalue weighted by Gasteiger charge is -2.17. The maximum absolute atomic E-state index is 13.0. The van der Waals surface area contributed by atoms with Crippen molar-refractivity contribution < 1.29 is 23.9 Å². The maximum Gasteiger partial charge on any atom is 0.270 e. The van der Waals surface area contributed by atoms with Crippen molar-refractivity contribution in [1.29, 1.82) is 0 Å². The lowest BCUT2D eigenvalue weighted by atomic mass is 10.1. The smallest absolute Gasteiger partial charge is 0.270 e. The number of nitrogens with zero attached hydrogens (tertiary/aromatic N) is 2. The molecule has 1 atom stereocenters. The molecule has 0 aliphatic carbocycles. The molecule has 3 amide bonds. The predicted molar refractivity (Wildman–Crippen MR) is 153 cm³/mol. The number of hydrogen-bond acceptors (Lipinski definition) is 5. The van der Waals surface area contributed by atoms with Crippen molar-refractivity contribution in [2.45, 2.75) is 20.3 Å². The summed E-state index contributed by atoms with van der Waals surface area (Å²) in [6.45, 7) is 4.07. The minimum absolute atomic E-state index is 0.0995. The van der Waals surface area contributed by atoms with E-state index in [9.17, 15) is 14.4 Å². The summed E-state index contributed by atoms with van der Waals surface area (Å²) in [7, 11) is 1.61. The van der Waals surface area contributed by atoms with E-state index >= 15 is 0 Å². The number of carbonyl (C=O) groups excluding carboxylic acids is 3. The molecule has 0 bridgehead atoms. The van der Waals surface area contributed by atoms with E-state index in [1.165, 1.54) is 0 Å². The van der Waals surface area contributed by atoms with Crippen LogP contribution in [0.15, 0.2) is 84.9 Å². The lowest BCUT2D eigenvalue weighted by Crippen LogP contribution is -2.28. The summed E-state index contributed by atoms with van der Waals surface area (Å²) < 4.78 is 12.7. The fraction of sp³-hybridized carbons (Fsp3) is 0.194. The van der Waals surface area contributed by atoms with Crippen LogP contribution in [-0.4, -0.2) is 36.1 Å². The molecule has 0 radical (unpaired) electrons. The SMILES string of the molecule is COc1ccc(Oc2ccc(N3C[C@@H](C(=O)Nc4cccc(C(=O)Nn5c(C)ccc5C)c4)CC3=O)cc2)cc1. The van der Waals surface area contributed by atoms with Crippen molar-refractivity contribution in [3.8, 4) is 17.2 Å². The molecule has 3 aromatic carbocycles. The molecule has 1 aliphatic heterocycles. The van der Waals surface area contributed by atoms with Crippen LogP contribution in [0.3, 0.4) is 0 Å². The van der Waals surface area contributed by atoms with Gasteiger partial charge in [-0.1, -0.05) is 6.07 Å². The summed E-state index contributed by atoms with van der Waals surface area (Å²) >= 11 is 0. The Morgan fingerprint density at radius 3 is 2.12 bits per heavy atom. The minimum Gasteiger partial charge on any atom is -0.497 e. The second kappa shape index (κ2) is 11.4. The predicted octanol–water partition coefficient (Wildman–Crippen LogP) is 5.28. The van der Waals surface area contributed by atoms with Gasteiger partial charge in [0.15, 0.2) is 0 Å². The van der Waals surface area contributed by atoms with Gasteiger partial charge in [-0.3, -0.25) is 24.5 Å². The van der Waals surface area contributed by atoms with Crippen LogP contribution in [0.1, 0.15) is 28.2 Å². The normalized spacial score (nSPS) is 14.6. The Labute approximate surface area is 232 Å². The van der Waals surface area contributed by atoms with Crippen LogP contribution in [0.25, 0.3) is 0 Å². The average molecular weight is 539 g/mol. The van der Waals surface area contributed by atoms with E-state index in [0.717, 1.165) is 17.1 Å². The third-order valence-electron chi connectivity index (χ3n) is 6.82. The van der Waals surface area contributed by atoms with Crippen molar-refractivity contribution in [2.75, 3.05) is 29.3 Å². The minimum atomic E-state index is -0.523. The number of methoxy groups -OCH3 is 1. The van der Waals surface area contributed by atoms with Gasteiger partial charge in [-0.15, -0.1) is 0 Å². The molecule has 204 valence electrons. The maximum atomic E-state index is 13.0. The molecule has 2 N–H and O–H groups in total. The molecule has 0 saturated carbocycles. The molecule has 1 fully saturated rings. The number of carbonyl (C=O) groups is 3. The third kappa shape index (κ3) is 5.83. The zero-order chi connectivity index (χ0) is 28.2. The van der Waals surface area contributed by atoms with Gasteiger partial charge in [0, 0.05) is 41.3 Å². The molecule has 40 heavy (non-hydrogen) atoms. The first-order chi connectivity index (χ1) is 19.3. The Hall–Kier alpha value is -5.05. The molecule has 9 nitrogen and oxygen atoms in total. The fourth-order valence-corrected chi connectivity index (χ4v) is 4.60. The van der Waals surface area contributed by atoms with Crippen LogP contribution >= 0.6 is 0 Å². The lowest BCUT2D eigenvalue weighted by molar-refractivity contribution is -0.122. The number of aromatic nitrogens is 1. The van der Waals surface area contributed by atoms with Crippen LogP contribution in [-0.2, 0) is 9.59 Å². The van der Waals surface area contributed by atoms with Gasteiger partial charge in [0.1, 0.15) is 17.2 Å². The van der Waals surface area contributed by atoms with E-state index in [1.807, 2.05) is 50.2 Å². The Bertz CT molecular complexity index is 1520. The summed E-state index contributed by atoms with van der Waals surface area (Å²) in [5, 5.41) is 2.86. The molecule has 1 saturated heterocycles. The zero-order valence-electron chi connectivity index (χ0n) is 22.5. The molecular formula is C31H30N4O5. The highest BCUT2D eigenvalue weighted by Crippen LogP contribution is 2.30. The zero-order valence-corrected chi connectivity index (χ0v) is 22.5. The average Bonchev–Trinajstić information content (AvgIpc) is 3.51. The largest absolute Gasteiger partial charge is 0.497 e. The van der Waals surface area contributed by atoms with Gasteiger partial charge in [-0.05, 0) is 92.7 Å². The first-order valence-electron chi connectivity index (χ1n) is 12.9. The molecule has 9 heteroatoms. The number of aryl methyl sites for hydroxylation is 2. The summed E-state index contributed by atoms with van der Waals surface area (Å²) in [6.07, 6.45) is 0.0995. The fourth-order valence-electron chi connectivity index (χ4n) is 4.60. The van der Waals surface area contributed by atoms with Crippen LogP contribution in [0.2, 0.25) is 0 Å². The van der Waals surface area contributed by atoms with Gasteiger partial charge in [0.05, 0.1) is 13.0 Å². The summed E-state index contributed by atoms with van der Waals surface area (Å²) in [5.74, 6) is 0.815. The van der Waals surface area contributed by atoms with Gasteiger partial charge >= 0.3 is 0 Å². The number of hydrogen-bond donors (Lipinski definition) is 2. The van der Waals surface area contributed by atoms with Crippen molar-refractivity contribution in [1.82, 2.24) is 4.68 Å². The molecule has 1 aromatic heterocycles. The summed E-state index contributed by atoms with van der Waals surface area (Å²) in [4.78, 5) is 40.2. The highest BCUT2D eigenvalue weighted by Gasteiger charge is 2.35. The van der Waals surface area contributed by atoms with E-state index in [2.05, 4.69) is 10.7 Å². The van der Waals surface area contributed by atoms with E-state index in [-0.39, 0.29) is 30.7 Å². The Kier molecular flexibility index (Phi) is 7.54. The van der Waals surface area contributed by atoms with Crippen LogP contribution in [0, 0.1) is 19.8 Å². The second-order valence-electron chi connectivity index (χ2n) is 9.64. The number of ether oxygens (including phenoxy) is 2. The van der Waals surface area contributed by atoms with Gasteiger partial charge in [0.25, 0.3) is 5.91 Å². The quantitative estimate of drug-likeness (QED) is 0.318. The second-order valence-corrected chi connectivity index (χ2v) is 9.64. The van der Waals surface area contributed by atoms with Crippen LogP contribution < -0.4 is 25.1 Å². The Morgan fingerprint density at radius 2 is 1.48 bits per heavy atom. The van der Waals surface area contributed by atoms with Crippen molar-refractivity contribution in [3.05, 3.63) is 102 Å².